The van der Waals surface area contributed by atoms with E-state index in [9.17, 15) is 13.2 Å². The summed E-state index contributed by atoms with van der Waals surface area (Å²) in [6, 6.07) is 6.96. The fourth-order valence-corrected chi connectivity index (χ4v) is 2.92. The molecular weight excluding hydrogens is 351 g/mol. The molecule has 0 radical (unpaired) electrons. The van der Waals surface area contributed by atoms with E-state index >= 15 is 0 Å². The largest absolute Gasteiger partial charge is 0.465 e. The molecule has 6 nitrogen and oxygen atoms in total. The predicted octanol–water partition coefficient (Wildman–Crippen LogP) is 2.98. The number of benzene rings is 1. The van der Waals surface area contributed by atoms with Crippen molar-refractivity contribution in [3.05, 3.63) is 52.3 Å². The minimum Gasteiger partial charge on any atom is -0.465 e. The van der Waals surface area contributed by atoms with Crippen LogP contribution >= 0.6 is 23.2 Å². The van der Waals surface area contributed by atoms with Crippen LogP contribution in [0.5, 0.6) is 0 Å². The molecule has 0 fully saturated rings. The third-order valence-corrected chi connectivity index (χ3v) is 4.67. The number of nitrogens with zero attached hydrogens (tertiary/aromatic N) is 1. The monoisotopic (exact) mass is 360 g/mol. The summed E-state index contributed by atoms with van der Waals surface area (Å²) in [5.74, 6) is -0.511. The minimum absolute atomic E-state index is 0.0167. The number of esters is 1. The topological polar surface area (TPSA) is 85.4 Å². The average molecular weight is 361 g/mol. The molecule has 0 aliphatic rings. The van der Waals surface area contributed by atoms with Gasteiger partial charge >= 0.3 is 5.97 Å². The number of anilines is 1. The molecule has 0 saturated heterocycles. The second-order valence-electron chi connectivity index (χ2n) is 4.12. The maximum atomic E-state index is 12.2. The summed E-state index contributed by atoms with van der Waals surface area (Å²) >= 11 is 11.4. The van der Waals surface area contributed by atoms with E-state index in [0.29, 0.717) is 5.56 Å². The minimum atomic E-state index is -3.86. The Balaban J connectivity index is 2.25. The van der Waals surface area contributed by atoms with Crippen LogP contribution < -0.4 is 4.72 Å². The zero-order valence-electron chi connectivity index (χ0n) is 11.2. The van der Waals surface area contributed by atoms with Crippen LogP contribution in [0.1, 0.15) is 10.4 Å². The Bertz CT molecular complexity index is 807. The summed E-state index contributed by atoms with van der Waals surface area (Å²) in [5, 5.41) is 0.0497. The van der Waals surface area contributed by atoms with Crippen LogP contribution in [0.3, 0.4) is 0 Å². The fraction of sp³-hybridized carbons (Fsp3) is 0.0769. The number of nitrogens with one attached hydrogen (secondary N) is 1. The molecule has 2 aromatic rings. The number of halogens is 2. The van der Waals surface area contributed by atoms with Crippen LogP contribution in [0.15, 0.2) is 41.4 Å². The summed E-state index contributed by atoms with van der Waals surface area (Å²) in [4.78, 5) is 14.9. The number of pyridine rings is 1. The second-order valence-corrected chi connectivity index (χ2v) is 6.57. The Morgan fingerprint density at radius 3 is 2.41 bits per heavy atom. The number of aromatic nitrogens is 1. The Morgan fingerprint density at radius 2 is 1.86 bits per heavy atom. The van der Waals surface area contributed by atoms with Crippen molar-refractivity contribution in [1.82, 2.24) is 4.98 Å². The van der Waals surface area contributed by atoms with Crippen molar-refractivity contribution in [2.24, 2.45) is 0 Å². The number of carbonyl (C=O) groups is 1. The highest BCUT2D eigenvalue weighted by Crippen LogP contribution is 2.23. The van der Waals surface area contributed by atoms with Crippen LogP contribution in [0, 0.1) is 0 Å². The lowest BCUT2D eigenvalue weighted by Crippen LogP contribution is -2.13. The van der Waals surface area contributed by atoms with Gasteiger partial charge in [0.25, 0.3) is 10.0 Å². The quantitative estimate of drug-likeness (QED) is 0.669. The van der Waals surface area contributed by atoms with Crippen LogP contribution in [-0.4, -0.2) is 26.5 Å². The Labute approximate surface area is 137 Å². The molecule has 116 valence electrons. The SMILES string of the molecule is COC(=O)c1ccc(NS(=O)(=O)c2cnc(Cl)c(Cl)c2)cc1. The van der Waals surface area contributed by atoms with Gasteiger partial charge in [0.2, 0.25) is 0 Å². The molecule has 1 aromatic carbocycles. The van der Waals surface area contributed by atoms with Crippen LogP contribution in [0.25, 0.3) is 0 Å². The van der Waals surface area contributed by atoms with Crippen molar-refractivity contribution in [1.29, 1.82) is 0 Å². The molecular formula is C13H10Cl2N2O4S. The number of methoxy groups -OCH3 is 1. The van der Waals surface area contributed by atoms with Crippen molar-refractivity contribution >= 4 is 44.9 Å². The highest BCUT2D eigenvalue weighted by atomic mass is 35.5. The van der Waals surface area contributed by atoms with E-state index in [0.717, 1.165) is 6.20 Å². The molecule has 0 unspecified atom stereocenters. The highest BCUT2D eigenvalue weighted by molar-refractivity contribution is 7.92. The Hall–Kier alpha value is -1.83. The summed E-state index contributed by atoms with van der Waals surface area (Å²) in [7, 11) is -2.60. The van der Waals surface area contributed by atoms with E-state index in [2.05, 4.69) is 14.4 Å². The van der Waals surface area contributed by atoms with Gasteiger partial charge in [0.1, 0.15) is 10.0 Å². The smallest absolute Gasteiger partial charge is 0.337 e. The number of carbonyl (C=O) groups excluding carboxylic acids is 1. The maximum Gasteiger partial charge on any atom is 0.337 e. The van der Waals surface area contributed by atoms with Crippen molar-refractivity contribution in [2.75, 3.05) is 11.8 Å². The van der Waals surface area contributed by atoms with Gasteiger partial charge in [-0.05, 0) is 30.3 Å². The number of hydrogen-bond donors (Lipinski definition) is 1. The standard InChI is InChI=1S/C13H10Cl2N2O4S/c1-21-13(18)8-2-4-9(5-3-8)17-22(19,20)10-6-11(14)12(15)16-7-10/h2-7,17H,1H3. The molecule has 2 rings (SSSR count). The van der Waals surface area contributed by atoms with Crippen LogP contribution in [0.2, 0.25) is 10.2 Å². The van der Waals surface area contributed by atoms with E-state index in [1.807, 2.05) is 0 Å². The fourth-order valence-electron chi connectivity index (χ4n) is 1.56. The van der Waals surface area contributed by atoms with Crippen molar-refractivity contribution < 1.29 is 17.9 Å². The second kappa shape index (κ2) is 6.51. The Morgan fingerprint density at radius 1 is 1.23 bits per heavy atom. The van der Waals surface area contributed by atoms with E-state index in [4.69, 9.17) is 23.2 Å². The molecule has 0 bridgehead atoms. The van der Waals surface area contributed by atoms with Gasteiger partial charge in [-0.25, -0.2) is 18.2 Å². The molecule has 0 aliphatic heterocycles. The average Bonchev–Trinajstić information content (AvgIpc) is 2.49. The van der Waals surface area contributed by atoms with E-state index in [1.54, 1.807) is 0 Å². The number of ether oxygens (including phenoxy) is 1. The molecule has 1 aromatic heterocycles. The van der Waals surface area contributed by atoms with Crippen molar-refractivity contribution in [2.45, 2.75) is 4.90 Å². The summed E-state index contributed by atoms with van der Waals surface area (Å²) in [6.07, 6.45) is 1.10. The molecule has 9 heteroatoms. The molecule has 0 amide bonds. The highest BCUT2D eigenvalue weighted by Gasteiger charge is 2.17. The predicted molar refractivity (Wildman–Crippen MR) is 82.8 cm³/mol. The first-order chi connectivity index (χ1) is 10.3. The first-order valence-corrected chi connectivity index (χ1v) is 8.09. The first kappa shape index (κ1) is 16.5. The van der Waals surface area contributed by atoms with Crippen LogP contribution in [0.4, 0.5) is 5.69 Å². The molecule has 1 N–H and O–H groups in total. The van der Waals surface area contributed by atoms with Gasteiger partial charge in [0.05, 0.1) is 17.7 Å². The van der Waals surface area contributed by atoms with Crippen LogP contribution in [-0.2, 0) is 14.8 Å². The molecule has 0 aliphatic carbocycles. The normalized spacial score (nSPS) is 11.0. The molecule has 0 atom stereocenters. The molecule has 22 heavy (non-hydrogen) atoms. The van der Waals surface area contributed by atoms with Gasteiger partial charge in [-0.3, -0.25) is 4.72 Å². The lowest BCUT2D eigenvalue weighted by atomic mass is 10.2. The van der Waals surface area contributed by atoms with Gasteiger partial charge in [-0.2, -0.15) is 0 Å². The third kappa shape index (κ3) is 3.68. The lowest BCUT2D eigenvalue weighted by molar-refractivity contribution is 0.0601. The van der Waals surface area contributed by atoms with E-state index in [1.165, 1.54) is 37.4 Å². The lowest BCUT2D eigenvalue weighted by Gasteiger charge is -2.09. The van der Waals surface area contributed by atoms with Gasteiger partial charge < -0.3 is 4.74 Å². The number of hydrogen-bond acceptors (Lipinski definition) is 5. The van der Waals surface area contributed by atoms with E-state index < -0.39 is 16.0 Å². The molecule has 0 saturated carbocycles. The zero-order chi connectivity index (χ0) is 16.3. The maximum absolute atomic E-state index is 12.2. The molecule has 0 spiro atoms. The van der Waals surface area contributed by atoms with Crippen molar-refractivity contribution in [3.8, 4) is 0 Å². The van der Waals surface area contributed by atoms with Gasteiger partial charge in [0.15, 0.2) is 0 Å². The first-order valence-electron chi connectivity index (χ1n) is 5.86. The summed E-state index contributed by atoms with van der Waals surface area (Å²) in [6.45, 7) is 0. The van der Waals surface area contributed by atoms with Crippen molar-refractivity contribution in [3.63, 3.8) is 0 Å². The van der Waals surface area contributed by atoms with Gasteiger partial charge in [-0.1, -0.05) is 23.2 Å². The van der Waals surface area contributed by atoms with E-state index in [-0.39, 0.29) is 20.8 Å². The number of sulfonamides is 1. The Kier molecular flexibility index (Phi) is 4.90. The van der Waals surface area contributed by atoms with Gasteiger partial charge in [-0.15, -0.1) is 0 Å². The molecule has 1 heterocycles. The summed E-state index contributed by atoms with van der Waals surface area (Å²) < 4.78 is 31.3. The zero-order valence-corrected chi connectivity index (χ0v) is 13.5. The summed E-state index contributed by atoms with van der Waals surface area (Å²) in [5.41, 5.74) is 0.584. The van der Waals surface area contributed by atoms with Gasteiger partial charge in [0, 0.05) is 11.9 Å². The third-order valence-electron chi connectivity index (χ3n) is 2.64. The number of rotatable bonds is 4.